The van der Waals surface area contributed by atoms with Crippen molar-refractivity contribution in [2.24, 2.45) is 0 Å². The first-order valence-corrected chi connectivity index (χ1v) is 5.38. The van der Waals surface area contributed by atoms with Gasteiger partial charge in [0.2, 0.25) is 0 Å². The fourth-order valence-corrected chi connectivity index (χ4v) is 1.57. The van der Waals surface area contributed by atoms with E-state index < -0.39 is 5.51 Å². The first kappa shape index (κ1) is 13.1. The molecular formula is C8H16F3NS. The molecule has 1 nitrogen and oxygen atoms in total. The van der Waals surface area contributed by atoms with E-state index >= 15 is 0 Å². The van der Waals surface area contributed by atoms with Crippen LogP contribution in [0.15, 0.2) is 0 Å². The highest BCUT2D eigenvalue weighted by atomic mass is 32.2. The Balaban J connectivity index is 3.25. The van der Waals surface area contributed by atoms with Crippen molar-refractivity contribution < 1.29 is 13.2 Å². The van der Waals surface area contributed by atoms with Crippen LogP contribution in [0.3, 0.4) is 0 Å². The number of hydrogen-bond donors (Lipinski definition) is 1. The molecule has 0 fully saturated rings. The van der Waals surface area contributed by atoms with Crippen LogP contribution in [0.25, 0.3) is 0 Å². The van der Waals surface area contributed by atoms with Gasteiger partial charge in [0.25, 0.3) is 0 Å². The van der Waals surface area contributed by atoms with Gasteiger partial charge in [0, 0.05) is 11.8 Å². The third-order valence-corrected chi connectivity index (χ3v) is 2.42. The summed E-state index contributed by atoms with van der Waals surface area (Å²) in [5, 5.41) is 3.15. The van der Waals surface area contributed by atoms with Crippen molar-refractivity contribution >= 4 is 11.8 Å². The molecule has 0 aromatic carbocycles. The van der Waals surface area contributed by atoms with Gasteiger partial charge in [0.15, 0.2) is 0 Å². The second-order valence-corrected chi connectivity index (χ2v) is 4.05. The molecule has 0 amide bonds. The minimum absolute atomic E-state index is 0.0659. The Labute approximate surface area is 81.5 Å². The summed E-state index contributed by atoms with van der Waals surface area (Å²) in [6.07, 6.45) is 1.41. The van der Waals surface area contributed by atoms with E-state index in [1.807, 2.05) is 13.8 Å². The molecule has 13 heavy (non-hydrogen) atoms. The number of rotatable bonds is 6. The van der Waals surface area contributed by atoms with Gasteiger partial charge in [-0.2, -0.15) is 13.2 Å². The highest BCUT2D eigenvalue weighted by Gasteiger charge is 2.27. The monoisotopic (exact) mass is 215 g/mol. The lowest BCUT2D eigenvalue weighted by Crippen LogP contribution is -2.25. The predicted octanol–water partition coefficient (Wildman–Crippen LogP) is 3.02. The number of nitrogens with one attached hydrogen (secondary N) is 1. The zero-order chi connectivity index (χ0) is 10.3. The Bertz CT molecular complexity index is 127. The largest absolute Gasteiger partial charge is 0.441 e. The molecule has 1 atom stereocenters. The summed E-state index contributed by atoms with van der Waals surface area (Å²) >= 11 is 0.0659. The third-order valence-electron chi connectivity index (χ3n) is 1.60. The minimum Gasteiger partial charge on any atom is -0.315 e. The normalized spacial score (nSPS) is 14.5. The van der Waals surface area contributed by atoms with E-state index in [0.29, 0.717) is 12.5 Å². The van der Waals surface area contributed by atoms with Gasteiger partial charge in [0.1, 0.15) is 0 Å². The maximum absolute atomic E-state index is 11.7. The second-order valence-electron chi connectivity index (χ2n) is 2.90. The second kappa shape index (κ2) is 6.54. The lowest BCUT2D eigenvalue weighted by atomic mass is 10.2. The fraction of sp³-hybridized carbons (Fsp3) is 1.00. The van der Waals surface area contributed by atoms with Crippen molar-refractivity contribution in [2.45, 2.75) is 38.2 Å². The van der Waals surface area contributed by atoms with Gasteiger partial charge in [-0.25, -0.2) is 0 Å². The Morgan fingerprint density at radius 1 is 1.38 bits per heavy atom. The van der Waals surface area contributed by atoms with Crippen molar-refractivity contribution in [1.82, 2.24) is 5.32 Å². The van der Waals surface area contributed by atoms with Crippen LogP contribution in [0.1, 0.15) is 26.7 Å². The van der Waals surface area contributed by atoms with Crippen LogP contribution >= 0.6 is 11.8 Å². The number of alkyl halides is 3. The lowest BCUT2D eigenvalue weighted by Gasteiger charge is -2.11. The van der Waals surface area contributed by atoms with E-state index in [1.54, 1.807) is 0 Å². The van der Waals surface area contributed by atoms with Crippen molar-refractivity contribution in [1.29, 1.82) is 0 Å². The van der Waals surface area contributed by atoms with E-state index in [9.17, 15) is 13.2 Å². The van der Waals surface area contributed by atoms with Crippen LogP contribution in [0.5, 0.6) is 0 Å². The lowest BCUT2D eigenvalue weighted by molar-refractivity contribution is -0.0328. The van der Waals surface area contributed by atoms with Crippen LogP contribution in [0, 0.1) is 0 Å². The molecule has 0 heterocycles. The molecular weight excluding hydrogens is 199 g/mol. The minimum atomic E-state index is -4.07. The maximum atomic E-state index is 11.7. The van der Waals surface area contributed by atoms with E-state index in [4.69, 9.17) is 0 Å². The Hall–Kier alpha value is 0.100. The first-order valence-electron chi connectivity index (χ1n) is 4.39. The molecule has 0 aliphatic rings. The molecule has 0 radical (unpaired) electrons. The molecule has 0 bridgehead atoms. The van der Waals surface area contributed by atoms with Gasteiger partial charge in [-0.1, -0.05) is 18.7 Å². The van der Waals surface area contributed by atoms with Crippen LogP contribution in [0.4, 0.5) is 13.2 Å². The summed E-state index contributed by atoms with van der Waals surface area (Å²) in [5.74, 6) is 0.166. The summed E-state index contributed by atoms with van der Waals surface area (Å²) in [5.41, 5.74) is -4.07. The smallest absolute Gasteiger partial charge is 0.315 e. The number of thioether (sulfide) groups is 1. The Kier molecular flexibility index (Phi) is 6.59. The molecule has 0 aromatic rings. The molecule has 5 heteroatoms. The van der Waals surface area contributed by atoms with Crippen LogP contribution in [-0.4, -0.2) is 23.8 Å². The van der Waals surface area contributed by atoms with Crippen molar-refractivity contribution in [3.63, 3.8) is 0 Å². The van der Waals surface area contributed by atoms with Gasteiger partial charge in [-0.05, 0) is 26.3 Å². The Morgan fingerprint density at radius 2 is 2.00 bits per heavy atom. The average molecular weight is 215 g/mol. The van der Waals surface area contributed by atoms with Crippen LogP contribution in [-0.2, 0) is 0 Å². The summed E-state index contributed by atoms with van der Waals surface area (Å²) in [7, 11) is 0. The molecule has 0 aliphatic heterocycles. The highest BCUT2D eigenvalue weighted by molar-refractivity contribution is 8.00. The Morgan fingerprint density at radius 3 is 2.46 bits per heavy atom. The molecule has 1 unspecified atom stereocenters. The topological polar surface area (TPSA) is 12.0 Å². The number of halogens is 3. The first-order chi connectivity index (χ1) is 5.95. The van der Waals surface area contributed by atoms with Gasteiger partial charge >= 0.3 is 5.51 Å². The van der Waals surface area contributed by atoms with Gasteiger partial charge in [-0.15, -0.1) is 0 Å². The molecule has 1 N–H and O–H groups in total. The summed E-state index contributed by atoms with van der Waals surface area (Å²) in [6.45, 7) is 4.84. The molecule has 0 aromatic heterocycles. The molecule has 0 spiro atoms. The van der Waals surface area contributed by atoms with E-state index in [-0.39, 0.29) is 17.5 Å². The van der Waals surface area contributed by atoms with E-state index in [2.05, 4.69) is 5.32 Å². The summed E-state index contributed by atoms with van der Waals surface area (Å²) < 4.78 is 35.0. The standard InChI is InChI=1S/C8H16F3NS/c1-3-12-7(2)5-4-6-13-8(9,10)11/h7,12H,3-6H2,1-2H3. The zero-order valence-electron chi connectivity index (χ0n) is 7.95. The van der Waals surface area contributed by atoms with Crippen molar-refractivity contribution in [2.75, 3.05) is 12.3 Å². The van der Waals surface area contributed by atoms with Crippen molar-refractivity contribution in [3.05, 3.63) is 0 Å². The maximum Gasteiger partial charge on any atom is 0.441 e. The molecule has 80 valence electrons. The third kappa shape index (κ3) is 10.0. The van der Waals surface area contributed by atoms with Gasteiger partial charge in [-0.3, -0.25) is 0 Å². The zero-order valence-corrected chi connectivity index (χ0v) is 8.76. The summed E-state index contributed by atoms with van der Waals surface area (Å²) in [6, 6.07) is 0.318. The van der Waals surface area contributed by atoms with Gasteiger partial charge in [0.05, 0.1) is 0 Å². The predicted molar refractivity (Wildman–Crippen MR) is 50.9 cm³/mol. The molecule has 0 aliphatic carbocycles. The van der Waals surface area contributed by atoms with E-state index in [1.165, 1.54) is 0 Å². The molecule has 0 saturated heterocycles. The van der Waals surface area contributed by atoms with E-state index in [0.717, 1.165) is 13.0 Å². The molecule has 0 rings (SSSR count). The summed E-state index contributed by atoms with van der Waals surface area (Å²) in [4.78, 5) is 0. The highest BCUT2D eigenvalue weighted by Crippen LogP contribution is 2.30. The number of hydrogen-bond acceptors (Lipinski definition) is 2. The SMILES string of the molecule is CCNC(C)CCCSC(F)(F)F. The van der Waals surface area contributed by atoms with Crippen LogP contribution < -0.4 is 5.32 Å². The van der Waals surface area contributed by atoms with Gasteiger partial charge < -0.3 is 5.32 Å². The average Bonchev–Trinajstić information content (AvgIpc) is 1.97. The molecule has 0 saturated carbocycles. The van der Waals surface area contributed by atoms with Crippen LogP contribution in [0.2, 0.25) is 0 Å². The fourth-order valence-electron chi connectivity index (χ4n) is 1.03. The van der Waals surface area contributed by atoms with Crippen molar-refractivity contribution in [3.8, 4) is 0 Å². The quantitative estimate of drug-likeness (QED) is 0.683.